The van der Waals surface area contributed by atoms with Gasteiger partial charge in [-0.2, -0.15) is 13.2 Å². The van der Waals surface area contributed by atoms with Crippen molar-refractivity contribution in [3.8, 4) is 5.75 Å². The monoisotopic (exact) mass is 370 g/mol. The number of esters is 1. The Bertz CT molecular complexity index is 751. The molecule has 0 amide bonds. The minimum atomic E-state index is -4.50. The highest BCUT2D eigenvalue weighted by molar-refractivity contribution is 5.92. The predicted molar refractivity (Wildman–Crippen MR) is 95.3 cm³/mol. The summed E-state index contributed by atoms with van der Waals surface area (Å²) in [5, 5.41) is 0.338. The molecule has 2 aromatic rings. The Balaban J connectivity index is 2.41. The lowest BCUT2D eigenvalue weighted by Crippen LogP contribution is -2.17. The fourth-order valence-electron chi connectivity index (χ4n) is 2.89. The molecular formula is C19H25F3N2O2. The predicted octanol–water partition coefficient (Wildman–Crippen LogP) is 4.78. The lowest BCUT2D eigenvalue weighted by atomic mass is 10.1. The molecule has 0 fully saturated rings. The van der Waals surface area contributed by atoms with Gasteiger partial charge in [0.05, 0.1) is 0 Å². The van der Waals surface area contributed by atoms with Crippen molar-refractivity contribution >= 4 is 16.9 Å². The maximum absolute atomic E-state index is 13.5. The largest absolute Gasteiger partial charge is 0.431 e. The van der Waals surface area contributed by atoms with Gasteiger partial charge >= 0.3 is 12.1 Å². The third-order valence-corrected chi connectivity index (χ3v) is 4.19. The second kappa shape index (κ2) is 8.58. The number of aromatic amines is 1. The van der Waals surface area contributed by atoms with Crippen molar-refractivity contribution in [2.75, 3.05) is 20.6 Å². The van der Waals surface area contributed by atoms with Crippen LogP contribution in [0.2, 0.25) is 0 Å². The SMILES string of the molecule is CCCCCC(=O)Oc1cccc2[nH]c(C(F)(F)F)c(CCN(C)C)c12. The molecule has 0 aliphatic carbocycles. The highest BCUT2D eigenvalue weighted by Crippen LogP contribution is 2.39. The van der Waals surface area contributed by atoms with Gasteiger partial charge in [-0.15, -0.1) is 0 Å². The Morgan fingerprint density at radius 1 is 1.23 bits per heavy atom. The van der Waals surface area contributed by atoms with Crippen LogP contribution in [0.3, 0.4) is 0 Å². The number of halogens is 3. The van der Waals surface area contributed by atoms with Crippen LogP contribution < -0.4 is 4.74 Å². The van der Waals surface area contributed by atoms with Crippen molar-refractivity contribution < 1.29 is 22.7 Å². The van der Waals surface area contributed by atoms with E-state index in [9.17, 15) is 18.0 Å². The molecule has 144 valence electrons. The van der Waals surface area contributed by atoms with E-state index in [0.29, 0.717) is 23.9 Å². The van der Waals surface area contributed by atoms with Crippen molar-refractivity contribution in [3.05, 3.63) is 29.5 Å². The van der Waals surface area contributed by atoms with E-state index < -0.39 is 17.8 Å². The molecule has 0 radical (unpaired) electrons. The first-order valence-corrected chi connectivity index (χ1v) is 8.80. The molecule has 1 aromatic carbocycles. The molecule has 1 heterocycles. The van der Waals surface area contributed by atoms with Crippen LogP contribution in [0.5, 0.6) is 5.75 Å². The summed E-state index contributed by atoms with van der Waals surface area (Å²) in [4.78, 5) is 16.3. The van der Waals surface area contributed by atoms with Crippen LogP contribution in [0.1, 0.15) is 43.9 Å². The average Bonchev–Trinajstić information content (AvgIpc) is 2.93. The van der Waals surface area contributed by atoms with E-state index in [1.165, 1.54) is 0 Å². The van der Waals surface area contributed by atoms with Gasteiger partial charge in [0.15, 0.2) is 0 Å². The van der Waals surface area contributed by atoms with Crippen LogP contribution in [0.15, 0.2) is 18.2 Å². The van der Waals surface area contributed by atoms with Gasteiger partial charge in [-0.25, -0.2) is 0 Å². The molecule has 0 saturated heterocycles. The number of nitrogens with zero attached hydrogens (tertiary/aromatic N) is 1. The van der Waals surface area contributed by atoms with Crippen LogP contribution >= 0.6 is 0 Å². The van der Waals surface area contributed by atoms with E-state index in [2.05, 4.69) is 4.98 Å². The lowest BCUT2D eigenvalue weighted by molar-refractivity contribution is -0.141. The molecule has 26 heavy (non-hydrogen) atoms. The number of ether oxygens (including phenoxy) is 1. The van der Waals surface area contributed by atoms with Gasteiger partial charge in [-0.05, 0) is 44.6 Å². The zero-order valence-corrected chi connectivity index (χ0v) is 15.4. The number of hydrogen-bond acceptors (Lipinski definition) is 3. The number of hydrogen-bond donors (Lipinski definition) is 1. The number of alkyl halides is 3. The molecule has 0 bridgehead atoms. The summed E-state index contributed by atoms with van der Waals surface area (Å²) >= 11 is 0. The van der Waals surface area contributed by atoms with Crippen molar-refractivity contribution in [1.29, 1.82) is 0 Å². The first kappa shape index (κ1) is 20.3. The van der Waals surface area contributed by atoms with Crippen molar-refractivity contribution in [2.45, 2.75) is 45.2 Å². The maximum Gasteiger partial charge on any atom is 0.431 e. The first-order valence-electron chi connectivity index (χ1n) is 8.80. The van der Waals surface area contributed by atoms with E-state index in [4.69, 9.17) is 4.74 Å². The Hall–Kier alpha value is -2.02. The molecule has 2 rings (SSSR count). The molecule has 4 nitrogen and oxygen atoms in total. The molecule has 0 atom stereocenters. The van der Waals surface area contributed by atoms with Crippen LogP contribution in [-0.2, 0) is 17.4 Å². The van der Waals surface area contributed by atoms with Crippen molar-refractivity contribution in [2.24, 2.45) is 0 Å². The van der Waals surface area contributed by atoms with Gasteiger partial charge < -0.3 is 14.6 Å². The van der Waals surface area contributed by atoms with Crippen LogP contribution in [0.4, 0.5) is 13.2 Å². The topological polar surface area (TPSA) is 45.3 Å². The van der Waals surface area contributed by atoms with Gasteiger partial charge in [0.2, 0.25) is 0 Å². The number of carbonyl (C=O) groups excluding carboxylic acids is 1. The van der Waals surface area contributed by atoms with Crippen molar-refractivity contribution in [1.82, 2.24) is 9.88 Å². The number of rotatable bonds is 8. The summed E-state index contributed by atoms with van der Waals surface area (Å²) in [6.07, 6.45) is -1.44. The van der Waals surface area contributed by atoms with Crippen LogP contribution in [0.25, 0.3) is 10.9 Å². The number of fused-ring (bicyclic) bond motifs is 1. The molecule has 1 N–H and O–H groups in total. The van der Waals surface area contributed by atoms with Gasteiger partial charge in [-0.1, -0.05) is 25.8 Å². The zero-order valence-electron chi connectivity index (χ0n) is 15.4. The zero-order chi connectivity index (χ0) is 19.3. The Kier molecular flexibility index (Phi) is 6.69. The van der Waals surface area contributed by atoms with Gasteiger partial charge in [-0.3, -0.25) is 4.79 Å². The number of carbonyl (C=O) groups is 1. The molecule has 7 heteroatoms. The van der Waals surface area contributed by atoms with Gasteiger partial charge in [0.1, 0.15) is 11.4 Å². The van der Waals surface area contributed by atoms with Crippen LogP contribution in [-0.4, -0.2) is 36.5 Å². The fraction of sp³-hybridized carbons (Fsp3) is 0.526. The van der Waals surface area contributed by atoms with E-state index in [-0.39, 0.29) is 24.2 Å². The van der Waals surface area contributed by atoms with E-state index in [0.717, 1.165) is 12.8 Å². The summed E-state index contributed by atoms with van der Waals surface area (Å²) in [7, 11) is 3.60. The molecule has 0 aliphatic rings. The highest BCUT2D eigenvalue weighted by Gasteiger charge is 2.37. The summed E-state index contributed by atoms with van der Waals surface area (Å²) in [5.41, 5.74) is -0.313. The number of likely N-dealkylation sites (N-methyl/N-ethyl adjacent to an activating group) is 1. The maximum atomic E-state index is 13.5. The number of benzene rings is 1. The highest BCUT2D eigenvalue weighted by atomic mass is 19.4. The van der Waals surface area contributed by atoms with Crippen molar-refractivity contribution in [3.63, 3.8) is 0 Å². The van der Waals surface area contributed by atoms with E-state index >= 15 is 0 Å². The molecule has 0 unspecified atom stereocenters. The Morgan fingerprint density at radius 2 is 1.96 bits per heavy atom. The molecule has 0 aliphatic heterocycles. The van der Waals surface area contributed by atoms with E-state index in [1.807, 2.05) is 11.8 Å². The number of unbranched alkanes of at least 4 members (excludes halogenated alkanes) is 2. The fourth-order valence-corrected chi connectivity index (χ4v) is 2.89. The summed E-state index contributed by atoms with van der Waals surface area (Å²) < 4.78 is 45.8. The van der Waals surface area contributed by atoms with Gasteiger partial charge in [0.25, 0.3) is 0 Å². The normalized spacial score (nSPS) is 12.1. The van der Waals surface area contributed by atoms with E-state index in [1.54, 1.807) is 32.3 Å². The minimum absolute atomic E-state index is 0.137. The average molecular weight is 370 g/mol. The summed E-state index contributed by atoms with van der Waals surface area (Å²) in [6.45, 7) is 2.48. The van der Waals surface area contributed by atoms with Gasteiger partial charge in [0, 0.05) is 23.9 Å². The number of nitrogens with one attached hydrogen (secondary N) is 1. The summed E-state index contributed by atoms with van der Waals surface area (Å²) in [5.74, 6) is -0.233. The second-order valence-corrected chi connectivity index (χ2v) is 6.64. The molecule has 0 saturated carbocycles. The first-order chi connectivity index (χ1) is 12.2. The number of H-pyrrole nitrogens is 1. The smallest absolute Gasteiger partial charge is 0.426 e. The second-order valence-electron chi connectivity index (χ2n) is 6.64. The lowest BCUT2D eigenvalue weighted by Gasteiger charge is -2.13. The quantitative estimate of drug-likeness (QED) is 0.413. The van der Waals surface area contributed by atoms with Crippen LogP contribution in [0, 0.1) is 0 Å². The Morgan fingerprint density at radius 3 is 2.58 bits per heavy atom. The molecule has 0 spiro atoms. The third kappa shape index (κ3) is 5.00. The minimum Gasteiger partial charge on any atom is -0.426 e. The standard InChI is InChI=1S/C19H25F3N2O2/c1-4-5-6-10-16(25)26-15-9-7-8-14-17(15)13(11-12-24(2)3)18(23-14)19(20,21)22/h7-9,23H,4-6,10-12H2,1-3H3. The Labute approximate surface area is 151 Å². The summed E-state index contributed by atoms with van der Waals surface area (Å²) in [6, 6.07) is 4.70. The number of aromatic nitrogens is 1. The molecule has 1 aromatic heterocycles. The third-order valence-electron chi connectivity index (χ3n) is 4.19. The molecular weight excluding hydrogens is 345 g/mol.